The summed E-state index contributed by atoms with van der Waals surface area (Å²) in [6, 6.07) is 0. The molecule has 0 bridgehead atoms. The molecular formula is C12H20N2OS. The third-order valence-electron chi connectivity index (χ3n) is 3.00. The van der Waals surface area contributed by atoms with Gasteiger partial charge in [-0.05, 0) is 12.5 Å². The first-order valence-corrected chi connectivity index (χ1v) is 6.88. The zero-order chi connectivity index (χ0) is 11.5. The average molecular weight is 240 g/mol. The van der Waals surface area contributed by atoms with E-state index in [1.54, 1.807) is 11.3 Å². The lowest BCUT2D eigenvalue weighted by Gasteiger charge is -2.30. The first-order valence-electron chi connectivity index (χ1n) is 6.00. The largest absolute Gasteiger partial charge is 0.368 e. The van der Waals surface area contributed by atoms with E-state index in [-0.39, 0.29) is 6.10 Å². The highest BCUT2D eigenvalue weighted by molar-refractivity contribution is 7.09. The van der Waals surface area contributed by atoms with Gasteiger partial charge in [-0.25, -0.2) is 4.98 Å². The van der Waals surface area contributed by atoms with Gasteiger partial charge in [0.1, 0.15) is 11.1 Å². The molecule has 1 aliphatic rings. The van der Waals surface area contributed by atoms with Crippen molar-refractivity contribution in [1.29, 1.82) is 0 Å². The topological polar surface area (TPSA) is 25.4 Å². The molecule has 90 valence electrons. The van der Waals surface area contributed by atoms with E-state index in [9.17, 15) is 0 Å². The Morgan fingerprint density at radius 3 is 3.06 bits per heavy atom. The molecule has 0 spiro atoms. The second-order valence-corrected chi connectivity index (χ2v) is 5.41. The van der Waals surface area contributed by atoms with Crippen LogP contribution in [0.25, 0.3) is 0 Å². The van der Waals surface area contributed by atoms with Gasteiger partial charge in [0, 0.05) is 18.5 Å². The summed E-state index contributed by atoms with van der Waals surface area (Å²) in [5, 5.41) is 3.30. The molecular weight excluding hydrogens is 220 g/mol. The summed E-state index contributed by atoms with van der Waals surface area (Å²) >= 11 is 1.73. The molecule has 2 heterocycles. The number of hydrogen-bond acceptors (Lipinski definition) is 4. The summed E-state index contributed by atoms with van der Waals surface area (Å²) in [4.78, 5) is 7.09. The Balaban J connectivity index is 2.05. The van der Waals surface area contributed by atoms with Crippen LogP contribution in [-0.2, 0) is 4.74 Å². The number of rotatable bonds is 3. The van der Waals surface area contributed by atoms with Gasteiger partial charge < -0.3 is 4.74 Å². The first kappa shape index (κ1) is 12.0. The molecule has 1 unspecified atom stereocenters. The number of aromatic nitrogens is 1. The van der Waals surface area contributed by atoms with Crippen LogP contribution in [-0.4, -0.2) is 36.1 Å². The molecule has 2 rings (SSSR count). The first-order chi connectivity index (χ1) is 7.70. The van der Waals surface area contributed by atoms with Crippen molar-refractivity contribution in [2.45, 2.75) is 32.8 Å². The zero-order valence-electron chi connectivity index (χ0n) is 10.3. The molecule has 0 N–H and O–H groups in total. The fourth-order valence-corrected chi connectivity index (χ4v) is 2.87. The molecule has 0 aliphatic carbocycles. The van der Waals surface area contributed by atoms with Gasteiger partial charge in [-0.1, -0.05) is 20.8 Å². The normalized spacial score (nSPS) is 22.9. The van der Waals surface area contributed by atoms with Gasteiger partial charge in [0.05, 0.1) is 12.3 Å². The molecule has 1 aromatic heterocycles. The van der Waals surface area contributed by atoms with Crippen LogP contribution in [0.3, 0.4) is 0 Å². The minimum absolute atomic E-state index is 0.186. The molecule has 1 atom stereocenters. The molecule has 1 aliphatic heterocycles. The second kappa shape index (κ2) is 5.25. The summed E-state index contributed by atoms with van der Waals surface area (Å²) in [5.74, 6) is 0.510. The van der Waals surface area contributed by atoms with Crippen molar-refractivity contribution in [2.75, 3.05) is 26.2 Å². The molecule has 1 aromatic rings. The quantitative estimate of drug-likeness (QED) is 0.812. The Morgan fingerprint density at radius 2 is 2.44 bits per heavy atom. The molecule has 0 saturated carbocycles. The molecule has 4 heteroatoms. The summed E-state index contributed by atoms with van der Waals surface area (Å²) in [6.07, 6.45) is 0.186. The zero-order valence-corrected chi connectivity index (χ0v) is 11.1. The van der Waals surface area contributed by atoms with Crippen molar-refractivity contribution < 1.29 is 4.74 Å². The van der Waals surface area contributed by atoms with Gasteiger partial charge in [-0.3, -0.25) is 4.90 Å². The Bertz CT molecular complexity index is 338. The molecule has 1 saturated heterocycles. The van der Waals surface area contributed by atoms with Crippen LogP contribution >= 0.6 is 11.3 Å². The van der Waals surface area contributed by atoms with E-state index in [0.717, 1.165) is 31.2 Å². The number of nitrogens with zero attached hydrogens (tertiary/aromatic N) is 2. The number of ether oxygens (including phenoxy) is 1. The van der Waals surface area contributed by atoms with Crippen molar-refractivity contribution in [3.63, 3.8) is 0 Å². The van der Waals surface area contributed by atoms with Crippen LogP contribution in [0.1, 0.15) is 43.5 Å². The molecule has 0 radical (unpaired) electrons. The van der Waals surface area contributed by atoms with Crippen molar-refractivity contribution >= 4 is 11.3 Å². The lowest BCUT2D eigenvalue weighted by Crippen LogP contribution is -2.38. The van der Waals surface area contributed by atoms with Crippen LogP contribution in [0.4, 0.5) is 0 Å². The molecule has 0 amide bonds. The van der Waals surface area contributed by atoms with Crippen molar-refractivity contribution in [3.8, 4) is 0 Å². The minimum atomic E-state index is 0.186. The summed E-state index contributed by atoms with van der Waals surface area (Å²) in [6.45, 7) is 10.5. The maximum absolute atomic E-state index is 5.80. The monoisotopic (exact) mass is 240 g/mol. The lowest BCUT2D eigenvalue weighted by molar-refractivity contribution is -0.0283. The predicted molar refractivity (Wildman–Crippen MR) is 67.0 cm³/mol. The molecule has 1 fully saturated rings. The Kier molecular flexibility index (Phi) is 3.95. The summed E-state index contributed by atoms with van der Waals surface area (Å²) < 4.78 is 5.80. The predicted octanol–water partition coefficient (Wildman–Crippen LogP) is 2.66. The second-order valence-electron chi connectivity index (χ2n) is 4.52. The van der Waals surface area contributed by atoms with E-state index in [2.05, 4.69) is 36.0 Å². The lowest BCUT2D eigenvalue weighted by atomic mass is 10.2. The van der Waals surface area contributed by atoms with Gasteiger partial charge in [0.2, 0.25) is 0 Å². The minimum Gasteiger partial charge on any atom is -0.368 e. The van der Waals surface area contributed by atoms with Crippen molar-refractivity contribution in [3.05, 3.63) is 16.1 Å². The van der Waals surface area contributed by atoms with Gasteiger partial charge in [-0.2, -0.15) is 0 Å². The fourth-order valence-electron chi connectivity index (χ4n) is 1.85. The fraction of sp³-hybridized carbons (Fsp3) is 0.750. The maximum atomic E-state index is 5.80. The van der Waals surface area contributed by atoms with Crippen molar-refractivity contribution in [2.24, 2.45) is 0 Å². The smallest absolute Gasteiger partial charge is 0.123 e. The molecule has 16 heavy (non-hydrogen) atoms. The molecule has 0 aromatic carbocycles. The van der Waals surface area contributed by atoms with E-state index < -0.39 is 0 Å². The number of thiazole rings is 1. The number of hydrogen-bond donors (Lipinski definition) is 0. The SMILES string of the molecule is CCN1CCOC(c2nc(C(C)C)cs2)C1. The third-order valence-corrected chi connectivity index (χ3v) is 3.96. The van der Waals surface area contributed by atoms with Gasteiger partial charge in [0.25, 0.3) is 0 Å². The van der Waals surface area contributed by atoms with Crippen LogP contribution in [0.15, 0.2) is 5.38 Å². The van der Waals surface area contributed by atoms with Crippen LogP contribution < -0.4 is 0 Å². The van der Waals surface area contributed by atoms with Gasteiger partial charge in [-0.15, -0.1) is 11.3 Å². The van der Waals surface area contributed by atoms with Crippen LogP contribution in [0.5, 0.6) is 0 Å². The number of morpholine rings is 1. The Labute approximate surface area is 101 Å². The maximum Gasteiger partial charge on any atom is 0.123 e. The van der Waals surface area contributed by atoms with Crippen LogP contribution in [0.2, 0.25) is 0 Å². The highest BCUT2D eigenvalue weighted by atomic mass is 32.1. The molecule has 3 nitrogen and oxygen atoms in total. The van der Waals surface area contributed by atoms with Gasteiger partial charge >= 0.3 is 0 Å². The third kappa shape index (κ3) is 2.62. The number of likely N-dealkylation sites (N-methyl/N-ethyl adjacent to an activating group) is 1. The van der Waals surface area contributed by atoms with Crippen molar-refractivity contribution in [1.82, 2.24) is 9.88 Å². The van der Waals surface area contributed by atoms with E-state index in [0.29, 0.717) is 5.92 Å². The average Bonchev–Trinajstić information content (AvgIpc) is 2.78. The highest BCUT2D eigenvalue weighted by Crippen LogP contribution is 2.27. The van der Waals surface area contributed by atoms with Crippen LogP contribution in [0, 0.1) is 0 Å². The van der Waals surface area contributed by atoms with E-state index in [1.165, 1.54) is 5.69 Å². The Morgan fingerprint density at radius 1 is 1.62 bits per heavy atom. The van der Waals surface area contributed by atoms with E-state index >= 15 is 0 Å². The summed E-state index contributed by atoms with van der Waals surface area (Å²) in [5.41, 5.74) is 1.19. The highest BCUT2D eigenvalue weighted by Gasteiger charge is 2.23. The van der Waals surface area contributed by atoms with E-state index in [4.69, 9.17) is 4.74 Å². The van der Waals surface area contributed by atoms with Gasteiger partial charge in [0.15, 0.2) is 0 Å². The standard InChI is InChI=1S/C12H20N2OS/c1-4-14-5-6-15-11(7-14)12-13-10(8-16-12)9(2)3/h8-9,11H,4-7H2,1-3H3. The summed E-state index contributed by atoms with van der Waals surface area (Å²) in [7, 11) is 0. The Hall–Kier alpha value is -0.450. The van der Waals surface area contributed by atoms with E-state index in [1.807, 2.05) is 0 Å².